The van der Waals surface area contributed by atoms with Gasteiger partial charge in [0.2, 0.25) is 0 Å². The second-order valence-corrected chi connectivity index (χ2v) is 7.78. The summed E-state index contributed by atoms with van der Waals surface area (Å²) in [5, 5.41) is 20.9. The van der Waals surface area contributed by atoms with Crippen molar-refractivity contribution in [1.82, 2.24) is 30.0 Å². The number of benzene rings is 2. The zero-order valence-corrected chi connectivity index (χ0v) is 17.5. The molecule has 1 unspecified atom stereocenters. The van der Waals surface area contributed by atoms with Crippen molar-refractivity contribution in [3.8, 4) is 11.8 Å². The molecule has 166 valence electrons. The van der Waals surface area contributed by atoms with E-state index in [0.29, 0.717) is 23.6 Å². The number of rotatable bonds is 5. The first kappa shape index (κ1) is 21.9. The maximum Gasteiger partial charge on any atom is 0.416 e. The van der Waals surface area contributed by atoms with E-state index < -0.39 is 11.7 Å². The van der Waals surface area contributed by atoms with Crippen LogP contribution in [-0.2, 0) is 12.7 Å². The van der Waals surface area contributed by atoms with Crippen LogP contribution in [0.15, 0.2) is 48.5 Å². The molecule has 0 spiro atoms. The van der Waals surface area contributed by atoms with Crippen LogP contribution in [-0.4, -0.2) is 56.2 Å². The molecule has 1 aliphatic heterocycles. The number of nitrogens with zero attached hydrogens (tertiary/aromatic N) is 7. The second kappa shape index (κ2) is 9.06. The first-order chi connectivity index (χ1) is 15.3. The van der Waals surface area contributed by atoms with Gasteiger partial charge in [-0.2, -0.15) is 23.1 Å². The summed E-state index contributed by atoms with van der Waals surface area (Å²) >= 11 is 0. The lowest BCUT2D eigenvalue weighted by atomic mass is 10.0. The first-order valence-corrected chi connectivity index (χ1v) is 10.3. The molecule has 1 atom stereocenters. The third-order valence-electron chi connectivity index (χ3n) is 5.79. The molecule has 3 aromatic rings. The summed E-state index contributed by atoms with van der Waals surface area (Å²) in [7, 11) is 0. The highest BCUT2D eigenvalue weighted by molar-refractivity contribution is 5.35. The van der Waals surface area contributed by atoms with Gasteiger partial charge in [0.15, 0.2) is 5.82 Å². The van der Waals surface area contributed by atoms with Gasteiger partial charge in [0.1, 0.15) is 0 Å². The Balaban J connectivity index is 1.38. The molecular weight excluding hydrogens is 419 g/mol. The number of aromatic nitrogens is 4. The number of tetrazole rings is 1. The van der Waals surface area contributed by atoms with Crippen molar-refractivity contribution in [2.45, 2.75) is 25.7 Å². The van der Waals surface area contributed by atoms with Crippen molar-refractivity contribution in [3.05, 3.63) is 71.0 Å². The molecule has 0 saturated carbocycles. The molecule has 0 radical (unpaired) electrons. The van der Waals surface area contributed by atoms with Crippen LogP contribution in [0.5, 0.6) is 0 Å². The fourth-order valence-corrected chi connectivity index (χ4v) is 3.88. The number of halogens is 3. The van der Waals surface area contributed by atoms with E-state index in [2.05, 4.69) is 38.3 Å². The zero-order valence-electron chi connectivity index (χ0n) is 17.5. The standard InChI is InChI=1S/C22H22F3N7/c1-16(18-4-2-3-17(13-18)14-26)31-11-9-30(10-12-31)15-21-27-28-29-32(21)20-7-5-19(6-8-20)22(23,24)25/h2-8,13,16H,9-12,15H2,1H3. The Morgan fingerprint density at radius 3 is 2.44 bits per heavy atom. The molecule has 0 aliphatic carbocycles. The molecule has 2 heterocycles. The molecule has 1 aromatic heterocycles. The van der Waals surface area contributed by atoms with Crippen LogP contribution < -0.4 is 0 Å². The van der Waals surface area contributed by atoms with Crippen LogP contribution in [0.1, 0.15) is 35.5 Å². The average molecular weight is 441 g/mol. The summed E-state index contributed by atoms with van der Waals surface area (Å²) in [6.07, 6.45) is -4.38. The summed E-state index contributed by atoms with van der Waals surface area (Å²) in [6, 6.07) is 14.9. The lowest BCUT2D eigenvalue weighted by molar-refractivity contribution is -0.137. The van der Waals surface area contributed by atoms with Gasteiger partial charge in [0, 0.05) is 32.2 Å². The Hall–Kier alpha value is -3.29. The van der Waals surface area contributed by atoms with E-state index in [1.807, 2.05) is 18.2 Å². The Morgan fingerprint density at radius 2 is 1.78 bits per heavy atom. The Morgan fingerprint density at radius 1 is 1.06 bits per heavy atom. The lowest BCUT2D eigenvalue weighted by Gasteiger charge is -2.38. The average Bonchev–Trinajstić information content (AvgIpc) is 3.26. The highest BCUT2D eigenvalue weighted by Gasteiger charge is 2.30. The molecule has 1 fully saturated rings. The van der Waals surface area contributed by atoms with Crippen molar-refractivity contribution < 1.29 is 13.2 Å². The minimum atomic E-state index is -4.38. The number of hydrogen-bond donors (Lipinski definition) is 0. The quantitative estimate of drug-likeness (QED) is 0.604. The topological polar surface area (TPSA) is 73.9 Å². The van der Waals surface area contributed by atoms with Crippen molar-refractivity contribution in [1.29, 1.82) is 5.26 Å². The van der Waals surface area contributed by atoms with Crippen molar-refractivity contribution in [3.63, 3.8) is 0 Å². The maximum absolute atomic E-state index is 12.8. The van der Waals surface area contributed by atoms with Crippen LogP contribution in [0.4, 0.5) is 13.2 Å². The van der Waals surface area contributed by atoms with Crippen LogP contribution in [0.3, 0.4) is 0 Å². The van der Waals surface area contributed by atoms with Crippen LogP contribution >= 0.6 is 0 Å². The highest BCUT2D eigenvalue weighted by atomic mass is 19.4. The number of nitriles is 1. The van der Waals surface area contributed by atoms with Gasteiger partial charge < -0.3 is 0 Å². The molecular formula is C22H22F3N7. The minimum Gasteiger partial charge on any atom is -0.294 e. The van der Waals surface area contributed by atoms with Gasteiger partial charge in [0.25, 0.3) is 0 Å². The Bertz CT molecular complexity index is 1090. The van der Waals surface area contributed by atoms with Gasteiger partial charge in [-0.25, -0.2) is 0 Å². The smallest absolute Gasteiger partial charge is 0.294 e. The van der Waals surface area contributed by atoms with E-state index in [0.717, 1.165) is 43.9 Å². The monoisotopic (exact) mass is 441 g/mol. The number of hydrogen-bond acceptors (Lipinski definition) is 6. The Labute approximate surface area is 183 Å². The van der Waals surface area contributed by atoms with E-state index in [4.69, 9.17) is 5.26 Å². The molecule has 7 nitrogen and oxygen atoms in total. The maximum atomic E-state index is 12.8. The number of piperazine rings is 1. The molecule has 2 aromatic carbocycles. The molecule has 4 rings (SSSR count). The summed E-state index contributed by atoms with van der Waals surface area (Å²) in [6.45, 7) is 5.95. The van der Waals surface area contributed by atoms with E-state index in [1.165, 1.54) is 16.8 Å². The third kappa shape index (κ3) is 4.79. The Kier molecular flexibility index (Phi) is 6.21. The molecule has 10 heteroatoms. The van der Waals surface area contributed by atoms with Gasteiger partial charge in [0.05, 0.1) is 29.4 Å². The SMILES string of the molecule is CC(c1cccc(C#N)c1)N1CCN(Cc2nnnn2-c2ccc(C(F)(F)F)cc2)CC1. The molecule has 32 heavy (non-hydrogen) atoms. The van der Waals surface area contributed by atoms with Gasteiger partial charge >= 0.3 is 6.18 Å². The van der Waals surface area contributed by atoms with Crippen LogP contribution in [0.2, 0.25) is 0 Å². The van der Waals surface area contributed by atoms with Gasteiger partial charge in [-0.1, -0.05) is 12.1 Å². The van der Waals surface area contributed by atoms with Crippen molar-refractivity contribution in [2.75, 3.05) is 26.2 Å². The highest BCUT2D eigenvalue weighted by Crippen LogP contribution is 2.29. The third-order valence-corrected chi connectivity index (χ3v) is 5.79. The fourth-order valence-electron chi connectivity index (χ4n) is 3.88. The van der Waals surface area contributed by atoms with Crippen LogP contribution in [0.25, 0.3) is 5.69 Å². The molecule has 0 N–H and O–H groups in total. The summed E-state index contributed by atoms with van der Waals surface area (Å²) in [5.41, 5.74) is 1.55. The van der Waals surface area contributed by atoms with E-state index in [-0.39, 0.29) is 6.04 Å². The molecule has 1 saturated heterocycles. The van der Waals surface area contributed by atoms with Gasteiger partial charge in [-0.15, -0.1) is 5.10 Å². The largest absolute Gasteiger partial charge is 0.416 e. The zero-order chi connectivity index (χ0) is 22.7. The van der Waals surface area contributed by atoms with Gasteiger partial charge in [-0.05, 0) is 59.3 Å². The summed E-state index contributed by atoms with van der Waals surface area (Å²) in [5.74, 6) is 0.577. The summed E-state index contributed by atoms with van der Waals surface area (Å²) in [4.78, 5) is 4.59. The summed E-state index contributed by atoms with van der Waals surface area (Å²) < 4.78 is 39.9. The second-order valence-electron chi connectivity index (χ2n) is 7.78. The predicted octanol–water partition coefficient (Wildman–Crippen LogP) is 3.43. The predicted molar refractivity (Wildman–Crippen MR) is 111 cm³/mol. The van der Waals surface area contributed by atoms with Crippen LogP contribution in [0, 0.1) is 11.3 Å². The van der Waals surface area contributed by atoms with Gasteiger partial charge in [-0.3, -0.25) is 9.80 Å². The first-order valence-electron chi connectivity index (χ1n) is 10.3. The van der Waals surface area contributed by atoms with E-state index in [1.54, 1.807) is 6.07 Å². The van der Waals surface area contributed by atoms with E-state index >= 15 is 0 Å². The minimum absolute atomic E-state index is 0.197. The number of alkyl halides is 3. The fraction of sp³-hybridized carbons (Fsp3) is 0.364. The van der Waals surface area contributed by atoms with Crippen molar-refractivity contribution >= 4 is 0 Å². The van der Waals surface area contributed by atoms with Crippen molar-refractivity contribution in [2.24, 2.45) is 0 Å². The van der Waals surface area contributed by atoms with E-state index in [9.17, 15) is 13.2 Å². The normalized spacial score (nSPS) is 16.6. The molecule has 0 amide bonds. The lowest BCUT2D eigenvalue weighted by Crippen LogP contribution is -2.46. The molecule has 1 aliphatic rings. The molecule has 0 bridgehead atoms.